The van der Waals surface area contributed by atoms with Crippen LogP contribution >= 0.6 is 0 Å². The number of rotatable bonds is 9. The third-order valence-corrected chi connectivity index (χ3v) is 4.16. The van der Waals surface area contributed by atoms with Crippen LogP contribution in [-0.2, 0) is 20.9 Å². The summed E-state index contributed by atoms with van der Waals surface area (Å²) in [5.74, 6) is 0.126. The van der Waals surface area contributed by atoms with E-state index in [-0.39, 0.29) is 24.7 Å². The molecule has 6 heteroatoms. The number of amides is 1. The average Bonchev–Trinajstić information content (AvgIpc) is 2.66. The van der Waals surface area contributed by atoms with E-state index in [4.69, 9.17) is 9.47 Å². The van der Waals surface area contributed by atoms with E-state index in [1.807, 2.05) is 30.3 Å². The Labute approximate surface area is 165 Å². The number of ether oxygens (including phenoxy) is 2. The first-order valence-corrected chi connectivity index (χ1v) is 9.22. The molecule has 2 aromatic rings. The number of carbonyl (C=O) groups excluding carboxylic acids is 2. The van der Waals surface area contributed by atoms with Gasteiger partial charge in [0.2, 0.25) is 5.91 Å². The molecule has 0 aliphatic carbocycles. The van der Waals surface area contributed by atoms with Crippen LogP contribution in [0.3, 0.4) is 0 Å². The number of carbonyl (C=O) groups is 2. The van der Waals surface area contributed by atoms with Crippen molar-refractivity contribution in [2.75, 3.05) is 6.61 Å². The van der Waals surface area contributed by atoms with Crippen molar-refractivity contribution in [2.45, 2.75) is 45.8 Å². The van der Waals surface area contributed by atoms with Crippen molar-refractivity contribution in [3.8, 4) is 11.5 Å². The molecule has 6 nitrogen and oxygen atoms in total. The van der Waals surface area contributed by atoms with Crippen molar-refractivity contribution >= 4 is 11.9 Å². The van der Waals surface area contributed by atoms with Crippen LogP contribution in [0.2, 0.25) is 0 Å². The van der Waals surface area contributed by atoms with Crippen molar-refractivity contribution < 1.29 is 24.2 Å². The highest BCUT2D eigenvalue weighted by Crippen LogP contribution is 2.21. The molecule has 0 bridgehead atoms. The minimum absolute atomic E-state index is 0.166. The predicted octanol–water partition coefficient (Wildman–Crippen LogP) is 3.50. The van der Waals surface area contributed by atoms with Crippen molar-refractivity contribution in [1.82, 2.24) is 5.32 Å². The highest BCUT2D eigenvalue weighted by Gasteiger charge is 2.31. The first kappa shape index (κ1) is 21.3. The quantitative estimate of drug-likeness (QED) is 0.510. The standard InChI is InChI=1S/C22H27NO5/c1-16-14-18(11-12-19(16)24)27-13-7-10-20(25)23-22(2,3)21(26)28-15-17-8-5-4-6-9-17/h4-6,8-9,11-12,14,24H,7,10,13,15H2,1-3H3,(H,23,25). The number of nitrogens with one attached hydrogen (secondary N) is 1. The number of phenolic OH excluding ortho intramolecular Hbond substituents is 1. The number of benzene rings is 2. The average molecular weight is 385 g/mol. The molecular weight excluding hydrogens is 358 g/mol. The Morgan fingerprint density at radius 1 is 1.11 bits per heavy atom. The van der Waals surface area contributed by atoms with Gasteiger partial charge in [0.15, 0.2) is 0 Å². The lowest BCUT2D eigenvalue weighted by Crippen LogP contribution is -2.50. The van der Waals surface area contributed by atoms with Crippen molar-refractivity contribution in [3.05, 3.63) is 59.7 Å². The second-order valence-corrected chi connectivity index (χ2v) is 7.14. The van der Waals surface area contributed by atoms with E-state index < -0.39 is 11.5 Å². The van der Waals surface area contributed by atoms with Gasteiger partial charge in [-0.05, 0) is 56.5 Å². The smallest absolute Gasteiger partial charge is 0.331 e. The first-order valence-electron chi connectivity index (χ1n) is 9.22. The van der Waals surface area contributed by atoms with Crippen molar-refractivity contribution in [2.24, 2.45) is 0 Å². The molecule has 1 amide bonds. The van der Waals surface area contributed by atoms with Crippen LogP contribution in [0.25, 0.3) is 0 Å². The molecule has 0 atom stereocenters. The van der Waals surface area contributed by atoms with Gasteiger partial charge in [0, 0.05) is 6.42 Å². The third-order valence-electron chi connectivity index (χ3n) is 4.16. The molecule has 0 aromatic heterocycles. The molecule has 0 aliphatic rings. The summed E-state index contributed by atoms with van der Waals surface area (Å²) in [5, 5.41) is 12.2. The lowest BCUT2D eigenvalue weighted by Gasteiger charge is -2.24. The van der Waals surface area contributed by atoms with E-state index in [0.29, 0.717) is 18.8 Å². The molecule has 2 aromatic carbocycles. The monoisotopic (exact) mass is 385 g/mol. The number of aryl methyl sites for hydroxylation is 1. The van der Waals surface area contributed by atoms with Crippen LogP contribution in [-0.4, -0.2) is 29.1 Å². The minimum Gasteiger partial charge on any atom is -0.508 e. The molecule has 2 rings (SSSR count). The third kappa shape index (κ3) is 6.61. The minimum atomic E-state index is -1.11. The van der Waals surface area contributed by atoms with E-state index in [2.05, 4.69) is 5.32 Å². The number of esters is 1. The molecule has 0 unspecified atom stereocenters. The van der Waals surface area contributed by atoms with Gasteiger partial charge in [0.1, 0.15) is 23.6 Å². The Hall–Kier alpha value is -3.02. The van der Waals surface area contributed by atoms with E-state index in [9.17, 15) is 14.7 Å². The van der Waals surface area contributed by atoms with Gasteiger partial charge in [-0.1, -0.05) is 30.3 Å². The number of hydrogen-bond donors (Lipinski definition) is 2. The van der Waals surface area contributed by atoms with Crippen LogP contribution < -0.4 is 10.1 Å². The molecule has 0 saturated heterocycles. The fourth-order valence-electron chi connectivity index (χ4n) is 2.51. The zero-order valence-corrected chi connectivity index (χ0v) is 16.5. The summed E-state index contributed by atoms with van der Waals surface area (Å²) in [4.78, 5) is 24.4. The lowest BCUT2D eigenvalue weighted by molar-refractivity contribution is -0.153. The van der Waals surface area contributed by atoms with Gasteiger partial charge in [0.25, 0.3) is 0 Å². The second kappa shape index (κ2) is 9.78. The Kier molecular flexibility index (Phi) is 7.44. The molecular formula is C22H27NO5. The van der Waals surface area contributed by atoms with Crippen LogP contribution in [0.4, 0.5) is 0 Å². The topological polar surface area (TPSA) is 84.9 Å². The maximum absolute atomic E-state index is 12.3. The van der Waals surface area contributed by atoms with E-state index in [1.54, 1.807) is 39.0 Å². The highest BCUT2D eigenvalue weighted by molar-refractivity contribution is 5.87. The Morgan fingerprint density at radius 3 is 2.50 bits per heavy atom. The van der Waals surface area contributed by atoms with Gasteiger partial charge in [-0.15, -0.1) is 0 Å². The number of aromatic hydroxyl groups is 1. The van der Waals surface area contributed by atoms with E-state index in [1.165, 1.54) is 0 Å². The number of hydrogen-bond acceptors (Lipinski definition) is 5. The summed E-state index contributed by atoms with van der Waals surface area (Å²) < 4.78 is 10.9. The summed E-state index contributed by atoms with van der Waals surface area (Å²) in [6, 6.07) is 14.4. The van der Waals surface area contributed by atoms with Crippen LogP contribution in [0.5, 0.6) is 11.5 Å². The maximum atomic E-state index is 12.3. The van der Waals surface area contributed by atoms with E-state index in [0.717, 1.165) is 11.1 Å². The normalized spacial score (nSPS) is 11.0. The lowest BCUT2D eigenvalue weighted by atomic mass is 10.1. The summed E-state index contributed by atoms with van der Waals surface area (Å²) >= 11 is 0. The Bertz CT molecular complexity index is 802. The molecule has 0 radical (unpaired) electrons. The SMILES string of the molecule is Cc1cc(OCCCC(=O)NC(C)(C)C(=O)OCc2ccccc2)ccc1O. The van der Waals surface area contributed by atoms with Gasteiger partial charge in [-0.3, -0.25) is 4.79 Å². The summed E-state index contributed by atoms with van der Waals surface area (Å²) in [5.41, 5.74) is 0.506. The highest BCUT2D eigenvalue weighted by atomic mass is 16.5. The molecule has 150 valence electrons. The van der Waals surface area contributed by atoms with Crippen LogP contribution in [0, 0.1) is 6.92 Å². The fraction of sp³-hybridized carbons (Fsp3) is 0.364. The van der Waals surface area contributed by atoms with Crippen LogP contribution in [0.1, 0.15) is 37.8 Å². The molecule has 0 spiro atoms. The predicted molar refractivity (Wildman–Crippen MR) is 106 cm³/mol. The molecule has 0 aliphatic heterocycles. The summed E-state index contributed by atoms with van der Waals surface area (Å²) in [6.45, 7) is 5.55. The van der Waals surface area contributed by atoms with Gasteiger partial charge in [-0.2, -0.15) is 0 Å². The zero-order chi connectivity index (χ0) is 20.6. The van der Waals surface area contributed by atoms with Gasteiger partial charge >= 0.3 is 5.97 Å². The maximum Gasteiger partial charge on any atom is 0.331 e. The van der Waals surface area contributed by atoms with Crippen molar-refractivity contribution in [3.63, 3.8) is 0 Å². The molecule has 28 heavy (non-hydrogen) atoms. The van der Waals surface area contributed by atoms with Crippen molar-refractivity contribution in [1.29, 1.82) is 0 Å². The zero-order valence-electron chi connectivity index (χ0n) is 16.5. The van der Waals surface area contributed by atoms with Gasteiger partial charge in [0.05, 0.1) is 6.61 Å². The first-order chi connectivity index (χ1) is 13.3. The summed E-state index contributed by atoms with van der Waals surface area (Å²) in [6.07, 6.45) is 0.730. The Balaban J connectivity index is 1.71. The fourth-order valence-corrected chi connectivity index (χ4v) is 2.51. The molecule has 0 heterocycles. The number of phenols is 1. The van der Waals surface area contributed by atoms with Gasteiger partial charge < -0.3 is 19.9 Å². The van der Waals surface area contributed by atoms with Crippen LogP contribution in [0.15, 0.2) is 48.5 Å². The second-order valence-electron chi connectivity index (χ2n) is 7.14. The molecule has 2 N–H and O–H groups in total. The molecule has 0 fully saturated rings. The largest absolute Gasteiger partial charge is 0.508 e. The Morgan fingerprint density at radius 2 is 1.82 bits per heavy atom. The van der Waals surface area contributed by atoms with Gasteiger partial charge in [-0.25, -0.2) is 4.79 Å². The molecule has 0 saturated carbocycles. The van der Waals surface area contributed by atoms with E-state index >= 15 is 0 Å². The summed E-state index contributed by atoms with van der Waals surface area (Å²) in [7, 11) is 0.